The van der Waals surface area contributed by atoms with Crippen LogP contribution in [0, 0.1) is 12.8 Å². The lowest BCUT2D eigenvalue weighted by atomic mass is 10.1. The normalized spacial score (nSPS) is 16.4. The van der Waals surface area contributed by atoms with E-state index in [1.54, 1.807) is 29.9 Å². The van der Waals surface area contributed by atoms with Gasteiger partial charge in [0, 0.05) is 25.2 Å². The number of aromatic nitrogens is 2. The Hall–Kier alpha value is -3.07. The van der Waals surface area contributed by atoms with Crippen molar-refractivity contribution >= 4 is 23.3 Å². The number of rotatable bonds is 7. The van der Waals surface area contributed by atoms with E-state index >= 15 is 0 Å². The van der Waals surface area contributed by atoms with Gasteiger partial charge < -0.3 is 25.0 Å². The first-order chi connectivity index (χ1) is 14.4. The quantitative estimate of drug-likeness (QED) is 0.720. The fourth-order valence-electron chi connectivity index (χ4n) is 3.67. The van der Waals surface area contributed by atoms with Gasteiger partial charge >= 0.3 is 0 Å². The van der Waals surface area contributed by atoms with E-state index in [2.05, 4.69) is 27.6 Å². The lowest BCUT2D eigenvalue weighted by molar-refractivity contribution is -0.119. The molecule has 1 aromatic carbocycles. The van der Waals surface area contributed by atoms with E-state index in [0.29, 0.717) is 28.6 Å². The van der Waals surface area contributed by atoms with Crippen molar-refractivity contribution in [1.82, 2.24) is 14.7 Å². The molecular formula is C21H29N5O4. The zero-order valence-electron chi connectivity index (χ0n) is 18.1. The number of anilines is 2. The molecule has 1 saturated heterocycles. The molecule has 1 fully saturated rings. The zero-order chi connectivity index (χ0) is 21.8. The Balaban J connectivity index is 1.85. The Morgan fingerprint density at radius 3 is 2.53 bits per heavy atom. The third-order valence-electron chi connectivity index (χ3n) is 5.33. The summed E-state index contributed by atoms with van der Waals surface area (Å²) >= 11 is 0. The van der Waals surface area contributed by atoms with E-state index in [1.165, 1.54) is 14.2 Å². The lowest BCUT2D eigenvalue weighted by Gasteiger charge is -2.18. The average molecular weight is 415 g/mol. The van der Waals surface area contributed by atoms with Gasteiger partial charge in [-0.15, -0.1) is 0 Å². The van der Waals surface area contributed by atoms with Gasteiger partial charge in [0.25, 0.3) is 5.91 Å². The van der Waals surface area contributed by atoms with Crippen molar-refractivity contribution in [3.63, 3.8) is 0 Å². The molecule has 30 heavy (non-hydrogen) atoms. The molecule has 0 aliphatic carbocycles. The number of nitrogens with one attached hydrogen (secondary N) is 2. The number of aryl methyl sites for hydroxylation is 2. The van der Waals surface area contributed by atoms with Crippen LogP contribution in [0.15, 0.2) is 18.2 Å². The Labute approximate surface area is 176 Å². The molecule has 1 aliphatic rings. The van der Waals surface area contributed by atoms with Gasteiger partial charge in [0.2, 0.25) is 5.91 Å². The highest BCUT2D eigenvalue weighted by atomic mass is 16.5. The minimum absolute atomic E-state index is 0.0916. The molecule has 0 radical (unpaired) electrons. The summed E-state index contributed by atoms with van der Waals surface area (Å²) in [5.74, 6) is 0.782. The standard InChI is InChI=1S/C21H29N5O4/c1-6-26-8-7-14(12-26)20(27)22-16-10-15(11-17(29-4)19(16)30-5)21(28)23-18-9-13(2)24-25(18)3/h9-11,14H,6-8,12H2,1-5H3,(H,22,27)(H,23,28). The maximum Gasteiger partial charge on any atom is 0.257 e. The summed E-state index contributed by atoms with van der Waals surface area (Å²) < 4.78 is 12.5. The van der Waals surface area contributed by atoms with E-state index in [1.807, 2.05) is 6.92 Å². The van der Waals surface area contributed by atoms with Crippen molar-refractivity contribution in [3.8, 4) is 11.5 Å². The number of likely N-dealkylation sites (tertiary alicyclic amines) is 1. The molecule has 0 saturated carbocycles. The predicted octanol–water partition coefficient (Wildman–Crippen LogP) is 2.28. The predicted molar refractivity (Wildman–Crippen MR) is 114 cm³/mol. The Morgan fingerprint density at radius 2 is 1.97 bits per heavy atom. The molecule has 2 N–H and O–H groups in total. The van der Waals surface area contributed by atoms with Gasteiger partial charge in [-0.05, 0) is 38.6 Å². The molecule has 9 nitrogen and oxygen atoms in total. The van der Waals surface area contributed by atoms with E-state index in [0.717, 1.165) is 31.7 Å². The molecule has 3 rings (SSSR count). The summed E-state index contributed by atoms with van der Waals surface area (Å²) in [6, 6.07) is 4.96. The molecular weight excluding hydrogens is 386 g/mol. The van der Waals surface area contributed by atoms with Crippen LogP contribution in [0.5, 0.6) is 11.5 Å². The SMILES string of the molecule is CCN1CCC(C(=O)Nc2cc(C(=O)Nc3cc(C)nn3C)cc(OC)c2OC)C1. The van der Waals surface area contributed by atoms with Crippen molar-refractivity contribution < 1.29 is 19.1 Å². The maximum atomic E-state index is 12.9. The largest absolute Gasteiger partial charge is 0.493 e. The number of amides is 2. The van der Waals surface area contributed by atoms with Crippen molar-refractivity contribution in [2.45, 2.75) is 20.3 Å². The fourth-order valence-corrected chi connectivity index (χ4v) is 3.67. The zero-order valence-corrected chi connectivity index (χ0v) is 18.1. The minimum Gasteiger partial charge on any atom is -0.493 e. The number of carbonyl (C=O) groups excluding carboxylic acids is 2. The first kappa shape index (κ1) is 21.6. The number of hydrogen-bond donors (Lipinski definition) is 2. The highest BCUT2D eigenvalue weighted by Gasteiger charge is 2.28. The van der Waals surface area contributed by atoms with Crippen LogP contribution in [0.1, 0.15) is 29.4 Å². The smallest absolute Gasteiger partial charge is 0.257 e. The summed E-state index contributed by atoms with van der Waals surface area (Å²) in [5.41, 5.74) is 1.54. The van der Waals surface area contributed by atoms with Crippen LogP contribution in [0.25, 0.3) is 0 Å². The molecule has 1 aromatic heterocycles. The van der Waals surface area contributed by atoms with E-state index in [-0.39, 0.29) is 17.7 Å². The second-order valence-corrected chi connectivity index (χ2v) is 7.38. The second kappa shape index (κ2) is 9.17. The van der Waals surface area contributed by atoms with Gasteiger partial charge in [-0.2, -0.15) is 5.10 Å². The van der Waals surface area contributed by atoms with Crippen molar-refractivity contribution in [2.75, 3.05) is 44.5 Å². The monoisotopic (exact) mass is 415 g/mol. The van der Waals surface area contributed by atoms with E-state index < -0.39 is 0 Å². The Morgan fingerprint density at radius 1 is 1.20 bits per heavy atom. The molecule has 162 valence electrons. The lowest BCUT2D eigenvalue weighted by Crippen LogP contribution is -2.27. The van der Waals surface area contributed by atoms with Crippen LogP contribution < -0.4 is 20.1 Å². The van der Waals surface area contributed by atoms with Gasteiger partial charge in [-0.3, -0.25) is 14.3 Å². The number of methoxy groups -OCH3 is 2. The number of benzene rings is 1. The first-order valence-electron chi connectivity index (χ1n) is 9.97. The molecule has 1 atom stereocenters. The molecule has 2 heterocycles. The second-order valence-electron chi connectivity index (χ2n) is 7.38. The van der Waals surface area contributed by atoms with Crippen molar-refractivity contribution in [3.05, 3.63) is 29.5 Å². The summed E-state index contributed by atoms with van der Waals surface area (Å²) in [4.78, 5) is 27.9. The highest BCUT2D eigenvalue weighted by Crippen LogP contribution is 2.37. The first-order valence-corrected chi connectivity index (χ1v) is 9.97. The molecule has 9 heteroatoms. The van der Waals surface area contributed by atoms with Gasteiger partial charge in [-0.1, -0.05) is 6.92 Å². The minimum atomic E-state index is -0.340. The van der Waals surface area contributed by atoms with Gasteiger partial charge in [-0.25, -0.2) is 0 Å². The van der Waals surface area contributed by atoms with Crippen LogP contribution in [0.4, 0.5) is 11.5 Å². The summed E-state index contributed by atoms with van der Waals surface area (Å²) in [6.07, 6.45) is 0.805. The van der Waals surface area contributed by atoms with Crippen molar-refractivity contribution in [2.24, 2.45) is 13.0 Å². The van der Waals surface area contributed by atoms with Crippen LogP contribution >= 0.6 is 0 Å². The van der Waals surface area contributed by atoms with Crippen LogP contribution in [0.2, 0.25) is 0 Å². The Kier molecular flexibility index (Phi) is 6.61. The topological polar surface area (TPSA) is 97.7 Å². The molecule has 1 unspecified atom stereocenters. The molecule has 0 bridgehead atoms. The van der Waals surface area contributed by atoms with Gasteiger partial charge in [0.15, 0.2) is 11.5 Å². The van der Waals surface area contributed by atoms with E-state index in [9.17, 15) is 9.59 Å². The summed E-state index contributed by atoms with van der Waals surface area (Å²) in [6.45, 7) is 6.48. The number of ether oxygens (including phenoxy) is 2. The van der Waals surface area contributed by atoms with Crippen LogP contribution in [-0.2, 0) is 11.8 Å². The van der Waals surface area contributed by atoms with Crippen LogP contribution in [-0.4, -0.2) is 60.3 Å². The average Bonchev–Trinajstić information content (AvgIpc) is 3.33. The number of carbonyl (C=O) groups is 2. The highest BCUT2D eigenvalue weighted by molar-refractivity contribution is 6.06. The molecule has 1 aliphatic heterocycles. The Bertz CT molecular complexity index is 940. The number of nitrogens with zero attached hydrogens (tertiary/aromatic N) is 3. The third kappa shape index (κ3) is 4.56. The van der Waals surface area contributed by atoms with Gasteiger partial charge in [0.05, 0.1) is 31.5 Å². The van der Waals surface area contributed by atoms with E-state index in [4.69, 9.17) is 9.47 Å². The summed E-state index contributed by atoms with van der Waals surface area (Å²) in [5, 5.41) is 9.99. The van der Waals surface area contributed by atoms with Gasteiger partial charge in [0.1, 0.15) is 5.82 Å². The maximum absolute atomic E-state index is 12.9. The molecule has 2 amide bonds. The molecule has 2 aromatic rings. The van der Waals surface area contributed by atoms with Crippen molar-refractivity contribution in [1.29, 1.82) is 0 Å². The summed E-state index contributed by atoms with van der Waals surface area (Å²) in [7, 11) is 4.75. The van der Waals surface area contributed by atoms with Crippen LogP contribution in [0.3, 0.4) is 0 Å². The number of hydrogen-bond acceptors (Lipinski definition) is 6. The molecule has 0 spiro atoms. The fraction of sp³-hybridized carbons (Fsp3) is 0.476. The third-order valence-corrected chi connectivity index (χ3v) is 5.33.